The van der Waals surface area contributed by atoms with Gasteiger partial charge in [0.05, 0.1) is 12.1 Å². The van der Waals surface area contributed by atoms with Crippen molar-refractivity contribution in [1.29, 1.82) is 0 Å². The van der Waals surface area contributed by atoms with Crippen LogP contribution in [0.4, 0.5) is 0 Å². The Hall–Kier alpha value is -2.97. The highest BCUT2D eigenvalue weighted by Gasteiger charge is 2.34. The monoisotopic (exact) mass is 564 g/mol. The lowest BCUT2D eigenvalue weighted by Gasteiger charge is -2.24. The Labute approximate surface area is 246 Å². The van der Waals surface area contributed by atoms with E-state index in [2.05, 4.69) is 78.9 Å². The highest BCUT2D eigenvalue weighted by molar-refractivity contribution is 7.80. The fourth-order valence-corrected chi connectivity index (χ4v) is 9.86. The minimum absolute atomic E-state index is 0.284. The summed E-state index contributed by atoms with van der Waals surface area (Å²) in [7, 11) is -0.899. The number of rotatable bonds is 7. The van der Waals surface area contributed by atoms with Crippen LogP contribution in [0.25, 0.3) is 0 Å². The standard InChI is InChI=1S/C36H41N2O2P/c1-4-14-26(15-5-1)31-24-39-35(37-31)29-20-10-12-22-33(29)41(28-18-8-3-9-19-28)34-23-13-11-21-30(34)36-38-32(25-40-36)27-16-6-2-7-17-27/h3,8-13,18-23,26-27,31-32H,1-2,4-7,14-17,24-25H2. The molecular formula is C36H41N2O2P. The molecule has 212 valence electrons. The predicted molar refractivity (Wildman–Crippen MR) is 171 cm³/mol. The molecule has 4 aliphatic rings. The van der Waals surface area contributed by atoms with Crippen LogP contribution in [-0.4, -0.2) is 37.1 Å². The van der Waals surface area contributed by atoms with E-state index in [9.17, 15) is 0 Å². The van der Waals surface area contributed by atoms with Gasteiger partial charge in [-0.1, -0.05) is 105 Å². The summed E-state index contributed by atoms with van der Waals surface area (Å²) >= 11 is 0. The van der Waals surface area contributed by atoms with Gasteiger partial charge in [-0.05, 0) is 73.5 Å². The summed E-state index contributed by atoms with van der Waals surface area (Å²) in [6.45, 7) is 1.42. The Bertz CT molecular complexity index is 1300. The molecule has 0 aromatic heterocycles. The summed E-state index contributed by atoms with van der Waals surface area (Å²) in [4.78, 5) is 10.5. The van der Waals surface area contributed by atoms with Gasteiger partial charge in [-0.3, -0.25) is 0 Å². The first kappa shape index (κ1) is 26.9. The van der Waals surface area contributed by atoms with Gasteiger partial charge < -0.3 is 9.47 Å². The Morgan fingerprint density at radius 2 is 0.951 bits per heavy atom. The molecule has 5 heteroatoms. The molecule has 2 fully saturated rings. The third-order valence-electron chi connectivity index (χ3n) is 9.50. The Balaban J connectivity index is 1.28. The van der Waals surface area contributed by atoms with E-state index in [0.717, 1.165) is 22.9 Å². The molecule has 0 saturated heterocycles. The van der Waals surface area contributed by atoms with Crippen LogP contribution in [0.1, 0.15) is 75.3 Å². The van der Waals surface area contributed by atoms with Gasteiger partial charge >= 0.3 is 0 Å². The van der Waals surface area contributed by atoms with Crippen molar-refractivity contribution in [2.75, 3.05) is 13.2 Å². The van der Waals surface area contributed by atoms with Crippen LogP contribution in [-0.2, 0) is 9.47 Å². The van der Waals surface area contributed by atoms with E-state index in [-0.39, 0.29) is 12.1 Å². The number of aliphatic imine (C=N–C) groups is 2. The minimum atomic E-state index is -0.899. The number of benzene rings is 3. The van der Waals surface area contributed by atoms with Crippen molar-refractivity contribution in [1.82, 2.24) is 0 Å². The lowest BCUT2D eigenvalue weighted by Crippen LogP contribution is -2.28. The smallest absolute Gasteiger partial charge is 0.217 e. The van der Waals surface area contributed by atoms with Crippen molar-refractivity contribution >= 4 is 35.6 Å². The van der Waals surface area contributed by atoms with Gasteiger partial charge in [0.15, 0.2) is 0 Å². The number of hydrogen-bond acceptors (Lipinski definition) is 4. The van der Waals surface area contributed by atoms with Crippen molar-refractivity contribution in [2.45, 2.75) is 76.3 Å². The van der Waals surface area contributed by atoms with E-state index in [1.54, 1.807) is 0 Å². The van der Waals surface area contributed by atoms with Crippen molar-refractivity contribution in [2.24, 2.45) is 21.8 Å². The fraction of sp³-hybridized carbons (Fsp3) is 0.444. The summed E-state index contributed by atoms with van der Waals surface area (Å²) in [6, 6.07) is 29.1. The van der Waals surface area contributed by atoms with Gasteiger partial charge in [-0.2, -0.15) is 0 Å². The third kappa shape index (κ3) is 5.73. The quantitative estimate of drug-likeness (QED) is 0.293. The molecule has 0 spiro atoms. The van der Waals surface area contributed by atoms with Gasteiger partial charge in [0, 0.05) is 11.1 Å². The predicted octanol–water partition coefficient (Wildman–Crippen LogP) is 6.90. The number of nitrogens with zero attached hydrogens (tertiary/aromatic N) is 2. The molecule has 0 radical (unpaired) electrons. The Morgan fingerprint density at radius 3 is 1.44 bits per heavy atom. The topological polar surface area (TPSA) is 43.2 Å². The lowest BCUT2D eigenvalue weighted by atomic mass is 9.84. The van der Waals surface area contributed by atoms with Crippen molar-refractivity contribution in [3.8, 4) is 0 Å². The molecule has 2 aliphatic heterocycles. The molecule has 2 unspecified atom stereocenters. The van der Waals surface area contributed by atoms with Gasteiger partial charge in [-0.25, -0.2) is 9.98 Å². The van der Waals surface area contributed by atoms with Gasteiger partial charge in [0.2, 0.25) is 11.8 Å². The van der Waals surface area contributed by atoms with Crippen LogP contribution < -0.4 is 15.9 Å². The van der Waals surface area contributed by atoms with Crippen molar-refractivity contribution < 1.29 is 9.47 Å². The SMILES string of the molecule is c1ccc(P(c2ccccc2C2=NC(C3CCCCC3)CO2)c2ccccc2C2=NC(C3CCCCC3)CO2)cc1. The van der Waals surface area contributed by atoms with Crippen molar-refractivity contribution in [3.05, 3.63) is 90.0 Å². The molecule has 2 heterocycles. The van der Waals surface area contributed by atoms with Crippen LogP contribution in [0, 0.1) is 11.8 Å². The van der Waals surface area contributed by atoms with Gasteiger partial charge in [0.1, 0.15) is 13.2 Å². The highest BCUT2D eigenvalue weighted by Crippen LogP contribution is 2.38. The molecular weight excluding hydrogens is 523 g/mol. The molecule has 0 N–H and O–H groups in total. The number of ether oxygens (including phenoxy) is 2. The maximum absolute atomic E-state index is 6.39. The van der Waals surface area contributed by atoms with Crippen LogP contribution in [0.15, 0.2) is 88.8 Å². The third-order valence-corrected chi connectivity index (χ3v) is 12.1. The first-order valence-electron chi connectivity index (χ1n) is 15.8. The molecule has 0 bridgehead atoms. The summed E-state index contributed by atoms with van der Waals surface area (Å²) in [5.74, 6) is 2.95. The zero-order valence-electron chi connectivity index (χ0n) is 24.0. The van der Waals surface area contributed by atoms with E-state index in [1.165, 1.54) is 80.1 Å². The molecule has 3 aromatic carbocycles. The van der Waals surface area contributed by atoms with E-state index in [1.807, 2.05) is 0 Å². The first-order chi connectivity index (χ1) is 20.3. The number of hydrogen-bond donors (Lipinski definition) is 0. The van der Waals surface area contributed by atoms with E-state index >= 15 is 0 Å². The van der Waals surface area contributed by atoms with Crippen LogP contribution in [0.5, 0.6) is 0 Å². The van der Waals surface area contributed by atoms with E-state index < -0.39 is 7.92 Å². The maximum atomic E-state index is 6.39. The molecule has 2 atom stereocenters. The second-order valence-electron chi connectivity index (χ2n) is 12.1. The van der Waals surface area contributed by atoms with E-state index in [4.69, 9.17) is 19.5 Å². The minimum Gasteiger partial charge on any atom is -0.475 e. The Kier molecular flexibility index (Phi) is 8.20. The fourth-order valence-electron chi connectivity index (χ4n) is 7.28. The molecule has 41 heavy (non-hydrogen) atoms. The van der Waals surface area contributed by atoms with Gasteiger partial charge in [-0.15, -0.1) is 0 Å². The summed E-state index contributed by atoms with van der Waals surface area (Å²) in [6.07, 6.45) is 13.1. The molecule has 7 rings (SSSR count). The second-order valence-corrected chi connectivity index (χ2v) is 14.3. The summed E-state index contributed by atoms with van der Waals surface area (Å²) < 4.78 is 12.8. The average Bonchev–Trinajstić information content (AvgIpc) is 3.75. The molecule has 4 nitrogen and oxygen atoms in total. The Morgan fingerprint density at radius 1 is 0.512 bits per heavy atom. The summed E-state index contributed by atoms with van der Waals surface area (Å²) in [5.41, 5.74) is 2.26. The molecule has 3 aromatic rings. The zero-order chi connectivity index (χ0) is 27.4. The van der Waals surface area contributed by atoms with E-state index in [0.29, 0.717) is 25.0 Å². The van der Waals surface area contributed by atoms with Crippen LogP contribution in [0.2, 0.25) is 0 Å². The lowest BCUT2D eigenvalue weighted by molar-refractivity contribution is 0.240. The average molecular weight is 565 g/mol. The first-order valence-corrected chi connectivity index (χ1v) is 17.1. The second kappa shape index (κ2) is 12.5. The highest BCUT2D eigenvalue weighted by atomic mass is 31.1. The molecule has 0 amide bonds. The molecule has 2 saturated carbocycles. The zero-order valence-corrected chi connectivity index (χ0v) is 24.9. The van der Waals surface area contributed by atoms with Crippen LogP contribution in [0.3, 0.4) is 0 Å². The van der Waals surface area contributed by atoms with Crippen LogP contribution >= 0.6 is 7.92 Å². The summed E-state index contributed by atoms with van der Waals surface area (Å²) in [5, 5.41) is 3.88. The largest absolute Gasteiger partial charge is 0.475 e. The van der Waals surface area contributed by atoms with Crippen molar-refractivity contribution in [3.63, 3.8) is 0 Å². The molecule has 2 aliphatic carbocycles. The normalized spacial score (nSPS) is 24.3. The van der Waals surface area contributed by atoms with Gasteiger partial charge in [0.25, 0.3) is 0 Å². The maximum Gasteiger partial charge on any atom is 0.217 e.